The van der Waals surface area contributed by atoms with Gasteiger partial charge < -0.3 is 15.4 Å². The van der Waals surface area contributed by atoms with E-state index in [-0.39, 0.29) is 24.0 Å². The second-order valence-electron chi connectivity index (χ2n) is 5.30. The van der Waals surface area contributed by atoms with Crippen LogP contribution < -0.4 is 10.6 Å². The molecule has 3 heterocycles. The maximum Gasteiger partial charge on any atom is 0.191 e. The molecule has 0 saturated carbocycles. The minimum atomic E-state index is 0. The van der Waals surface area contributed by atoms with Crippen molar-refractivity contribution in [2.45, 2.75) is 51.0 Å². The molecule has 3 atom stereocenters. The number of nitrogens with one attached hydrogen (secondary N) is 2. The number of rotatable bonds is 3. The molecule has 3 rings (SSSR count). The number of thiophene rings is 1. The van der Waals surface area contributed by atoms with E-state index in [9.17, 15) is 0 Å². The van der Waals surface area contributed by atoms with Crippen LogP contribution in [-0.2, 0) is 11.3 Å². The van der Waals surface area contributed by atoms with Gasteiger partial charge in [0, 0.05) is 16.8 Å². The highest BCUT2D eigenvalue weighted by Gasteiger charge is 2.41. The van der Waals surface area contributed by atoms with Gasteiger partial charge >= 0.3 is 0 Å². The molecule has 1 aromatic heterocycles. The fraction of sp³-hybridized carbons (Fsp3) is 0.643. The lowest BCUT2D eigenvalue weighted by atomic mass is 9.96. The first kappa shape index (κ1) is 16.0. The van der Waals surface area contributed by atoms with E-state index in [0.29, 0.717) is 18.2 Å². The normalized spacial score (nSPS) is 28.3. The standard InChI is InChI=1S/C14H21N3OS.HI/c1-9-3-5-11(19-9)8-16-14(15-2)17-12-7-10-4-6-13(12)18-10;/h3,5,10,12-13H,4,6-8H2,1-2H3,(H2,15,16,17);1H. The van der Waals surface area contributed by atoms with Gasteiger partial charge in [0.2, 0.25) is 0 Å². The van der Waals surface area contributed by atoms with Gasteiger partial charge in [0.15, 0.2) is 5.96 Å². The Bertz CT molecular complexity index is 477. The topological polar surface area (TPSA) is 45.7 Å². The molecule has 0 amide bonds. The number of hydrogen-bond donors (Lipinski definition) is 2. The molecule has 2 aliphatic heterocycles. The van der Waals surface area contributed by atoms with E-state index >= 15 is 0 Å². The van der Waals surface area contributed by atoms with Crippen LogP contribution in [0.5, 0.6) is 0 Å². The number of aliphatic imine (C=N–C) groups is 1. The molecule has 0 aromatic carbocycles. The summed E-state index contributed by atoms with van der Waals surface area (Å²) in [7, 11) is 1.82. The molecule has 20 heavy (non-hydrogen) atoms. The molecule has 2 fully saturated rings. The van der Waals surface area contributed by atoms with E-state index in [4.69, 9.17) is 4.74 Å². The zero-order valence-corrected chi connectivity index (χ0v) is 15.0. The molecule has 2 bridgehead atoms. The third-order valence-electron chi connectivity index (χ3n) is 3.88. The van der Waals surface area contributed by atoms with Crippen molar-refractivity contribution in [3.8, 4) is 0 Å². The SMILES string of the molecule is CN=C(NCc1ccc(C)s1)NC1CC2CCC1O2.I. The Kier molecular flexibility index (Phi) is 5.68. The summed E-state index contributed by atoms with van der Waals surface area (Å²) in [5, 5.41) is 6.87. The van der Waals surface area contributed by atoms with Gasteiger partial charge in [-0.25, -0.2) is 0 Å². The van der Waals surface area contributed by atoms with Crippen molar-refractivity contribution >= 4 is 41.3 Å². The van der Waals surface area contributed by atoms with E-state index in [1.807, 2.05) is 18.4 Å². The summed E-state index contributed by atoms with van der Waals surface area (Å²) in [5.74, 6) is 0.882. The molecular formula is C14H22IN3OS. The lowest BCUT2D eigenvalue weighted by Gasteiger charge is -2.22. The van der Waals surface area contributed by atoms with Crippen molar-refractivity contribution < 1.29 is 4.74 Å². The van der Waals surface area contributed by atoms with Crippen LogP contribution >= 0.6 is 35.3 Å². The largest absolute Gasteiger partial charge is 0.373 e. The number of hydrogen-bond acceptors (Lipinski definition) is 3. The highest BCUT2D eigenvalue weighted by Crippen LogP contribution is 2.34. The van der Waals surface area contributed by atoms with Gasteiger partial charge in [-0.3, -0.25) is 4.99 Å². The molecule has 0 radical (unpaired) electrons. The molecule has 2 saturated heterocycles. The van der Waals surface area contributed by atoms with Crippen LogP contribution in [0.25, 0.3) is 0 Å². The van der Waals surface area contributed by atoms with Gasteiger partial charge in [0.05, 0.1) is 24.8 Å². The molecule has 4 nitrogen and oxygen atoms in total. The molecule has 2 aliphatic rings. The molecular weight excluding hydrogens is 385 g/mol. The summed E-state index contributed by atoms with van der Waals surface area (Å²) in [4.78, 5) is 6.99. The predicted octanol–water partition coefficient (Wildman–Crippen LogP) is 2.66. The third-order valence-corrected chi connectivity index (χ3v) is 4.88. The first-order valence-corrected chi connectivity index (χ1v) is 7.74. The summed E-state index contributed by atoms with van der Waals surface area (Å²) in [6.45, 7) is 2.97. The molecule has 0 aliphatic carbocycles. The van der Waals surface area contributed by atoms with Crippen molar-refractivity contribution in [3.63, 3.8) is 0 Å². The second-order valence-corrected chi connectivity index (χ2v) is 6.67. The van der Waals surface area contributed by atoms with Gasteiger partial charge in [-0.2, -0.15) is 0 Å². The Morgan fingerprint density at radius 1 is 1.45 bits per heavy atom. The van der Waals surface area contributed by atoms with Crippen LogP contribution in [0.1, 0.15) is 29.0 Å². The highest BCUT2D eigenvalue weighted by molar-refractivity contribution is 14.0. The number of halogens is 1. The maximum atomic E-state index is 5.85. The number of fused-ring (bicyclic) bond motifs is 2. The van der Waals surface area contributed by atoms with Crippen LogP contribution in [-0.4, -0.2) is 31.3 Å². The highest BCUT2D eigenvalue weighted by atomic mass is 127. The lowest BCUT2D eigenvalue weighted by Crippen LogP contribution is -2.47. The number of guanidine groups is 1. The molecule has 0 spiro atoms. The summed E-state index contributed by atoms with van der Waals surface area (Å²) >= 11 is 1.83. The Hall–Kier alpha value is -0.340. The Morgan fingerprint density at radius 3 is 2.85 bits per heavy atom. The van der Waals surface area contributed by atoms with Crippen LogP contribution in [0.3, 0.4) is 0 Å². The third kappa shape index (κ3) is 3.65. The van der Waals surface area contributed by atoms with E-state index in [1.165, 1.54) is 22.6 Å². The molecule has 1 aromatic rings. The Labute approximate surface area is 141 Å². The lowest BCUT2D eigenvalue weighted by molar-refractivity contribution is 0.0992. The van der Waals surface area contributed by atoms with Crippen LogP contribution in [0, 0.1) is 6.92 Å². The average molecular weight is 407 g/mol. The fourth-order valence-corrected chi connectivity index (χ4v) is 3.74. The smallest absolute Gasteiger partial charge is 0.191 e. The quantitative estimate of drug-likeness (QED) is 0.460. The summed E-state index contributed by atoms with van der Waals surface area (Å²) < 4.78 is 5.85. The minimum Gasteiger partial charge on any atom is -0.373 e. The van der Waals surface area contributed by atoms with E-state index < -0.39 is 0 Å². The summed E-state index contributed by atoms with van der Waals surface area (Å²) in [5.41, 5.74) is 0. The van der Waals surface area contributed by atoms with E-state index in [2.05, 4.69) is 34.7 Å². The number of ether oxygens (including phenoxy) is 1. The monoisotopic (exact) mass is 407 g/mol. The summed E-state index contributed by atoms with van der Waals surface area (Å²) in [6.07, 6.45) is 4.38. The minimum absolute atomic E-state index is 0. The van der Waals surface area contributed by atoms with Crippen molar-refractivity contribution in [3.05, 3.63) is 21.9 Å². The van der Waals surface area contributed by atoms with E-state index in [0.717, 1.165) is 18.9 Å². The first-order valence-electron chi connectivity index (χ1n) is 6.92. The number of nitrogens with zero attached hydrogens (tertiary/aromatic N) is 1. The van der Waals surface area contributed by atoms with Gasteiger partial charge in [0.1, 0.15) is 0 Å². The van der Waals surface area contributed by atoms with Crippen molar-refractivity contribution in [2.24, 2.45) is 4.99 Å². The Morgan fingerprint density at radius 2 is 2.30 bits per heavy atom. The first-order chi connectivity index (χ1) is 9.24. The molecule has 3 unspecified atom stereocenters. The molecule has 6 heteroatoms. The van der Waals surface area contributed by atoms with Crippen LogP contribution in [0.4, 0.5) is 0 Å². The van der Waals surface area contributed by atoms with Crippen molar-refractivity contribution in [1.82, 2.24) is 10.6 Å². The zero-order chi connectivity index (χ0) is 13.2. The van der Waals surface area contributed by atoms with Gasteiger partial charge in [-0.05, 0) is 38.3 Å². The molecule has 112 valence electrons. The Balaban J connectivity index is 0.00000147. The van der Waals surface area contributed by atoms with Crippen LogP contribution in [0.2, 0.25) is 0 Å². The van der Waals surface area contributed by atoms with Crippen molar-refractivity contribution in [1.29, 1.82) is 0 Å². The predicted molar refractivity (Wildman–Crippen MR) is 94.1 cm³/mol. The van der Waals surface area contributed by atoms with E-state index in [1.54, 1.807) is 0 Å². The van der Waals surface area contributed by atoms with Crippen LogP contribution in [0.15, 0.2) is 17.1 Å². The maximum absolute atomic E-state index is 5.85. The fourth-order valence-electron chi connectivity index (χ4n) is 2.91. The molecule has 2 N–H and O–H groups in total. The van der Waals surface area contributed by atoms with Crippen molar-refractivity contribution in [2.75, 3.05) is 7.05 Å². The van der Waals surface area contributed by atoms with Gasteiger partial charge in [-0.15, -0.1) is 35.3 Å². The van der Waals surface area contributed by atoms with Gasteiger partial charge in [-0.1, -0.05) is 0 Å². The zero-order valence-electron chi connectivity index (χ0n) is 11.9. The van der Waals surface area contributed by atoms with Gasteiger partial charge in [0.25, 0.3) is 0 Å². The summed E-state index contributed by atoms with van der Waals surface area (Å²) in [6, 6.07) is 4.75. The number of aryl methyl sites for hydroxylation is 1. The second kappa shape index (κ2) is 7.09. The average Bonchev–Trinajstić information content (AvgIpc) is 3.11.